The van der Waals surface area contributed by atoms with Crippen molar-refractivity contribution in [2.75, 3.05) is 34.4 Å². The molecule has 6 rings (SSSR count). The van der Waals surface area contributed by atoms with Gasteiger partial charge in [-0.05, 0) is 48.2 Å². The number of rotatable bonds is 12. The van der Waals surface area contributed by atoms with Crippen molar-refractivity contribution in [3.8, 4) is 23.0 Å². The van der Waals surface area contributed by atoms with Gasteiger partial charge in [-0.25, -0.2) is 0 Å². The van der Waals surface area contributed by atoms with Crippen LogP contribution >= 0.6 is 0 Å². The van der Waals surface area contributed by atoms with Crippen molar-refractivity contribution in [1.82, 2.24) is 10.6 Å². The summed E-state index contributed by atoms with van der Waals surface area (Å²) in [4.78, 5) is 26.9. The van der Waals surface area contributed by atoms with Gasteiger partial charge in [0.1, 0.15) is 34.7 Å². The van der Waals surface area contributed by atoms with Crippen LogP contribution in [0.2, 0.25) is 0 Å². The van der Waals surface area contributed by atoms with E-state index in [1.807, 2.05) is 48.5 Å². The molecular formula is C38H40N2O8. The Labute approximate surface area is 279 Å². The molecule has 5 atom stereocenters. The van der Waals surface area contributed by atoms with E-state index < -0.39 is 35.0 Å². The quantitative estimate of drug-likeness (QED) is 0.167. The minimum Gasteiger partial charge on any atom is -0.497 e. The summed E-state index contributed by atoms with van der Waals surface area (Å²) < 4.78 is 23.5. The minimum atomic E-state index is -2.14. The van der Waals surface area contributed by atoms with Gasteiger partial charge in [0.2, 0.25) is 5.91 Å². The minimum absolute atomic E-state index is 0.159. The average molecular weight is 653 g/mol. The summed E-state index contributed by atoms with van der Waals surface area (Å²) >= 11 is 0. The number of carbonyl (C=O) groups is 2. The summed E-state index contributed by atoms with van der Waals surface area (Å²) in [5, 5.41) is 31.3. The molecule has 1 fully saturated rings. The topological polar surface area (TPSA) is 136 Å². The van der Waals surface area contributed by atoms with E-state index in [4.69, 9.17) is 18.9 Å². The Morgan fingerprint density at radius 1 is 0.792 bits per heavy atom. The number of ether oxygens (including phenoxy) is 4. The van der Waals surface area contributed by atoms with E-state index in [2.05, 4.69) is 10.6 Å². The van der Waals surface area contributed by atoms with Crippen molar-refractivity contribution in [1.29, 1.82) is 0 Å². The first-order valence-corrected chi connectivity index (χ1v) is 16.0. The molecule has 2 aliphatic rings. The normalized spacial score (nSPS) is 23.7. The number of unbranched alkanes of at least 4 members (excludes halogenated alkanes) is 1. The highest BCUT2D eigenvalue weighted by Crippen LogP contribution is 2.68. The fourth-order valence-electron chi connectivity index (χ4n) is 7.25. The summed E-state index contributed by atoms with van der Waals surface area (Å²) in [6.45, 7) is 0.719. The zero-order valence-corrected chi connectivity index (χ0v) is 27.1. The summed E-state index contributed by atoms with van der Waals surface area (Å²) in [5.41, 5.74) is -1.73. The number of amides is 2. The second-order valence-corrected chi connectivity index (χ2v) is 12.0. The number of hydrogen-bond donors (Lipinski definition) is 4. The molecule has 2 bridgehead atoms. The van der Waals surface area contributed by atoms with Crippen molar-refractivity contribution >= 4 is 11.8 Å². The van der Waals surface area contributed by atoms with Gasteiger partial charge in [-0.15, -0.1) is 0 Å². The Morgan fingerprint density at radius 3 is 2.04 bits per heavy atom. The van der Waals surface area contributed by atoms with Crippen LogP contribution in [0.1, 0.15) is 45.8 Å². The second kappa shape index (κ2) is 13.6. The zero-order valence-electron chi connectivity index (χ0n) is 27.1. The molecular weight excluding hydrogens is 612 g/mol. The van der Waals surface area contributed by atoms with Crippen LogP contribution in [-0.4, -0.2) is 62.6 Å². The lowest BCUT2D eigenvalue weighted by Crippen LogP contribution is -2.55. The van der Waals surface area contributed by atoms with Gasteiger partial charge < -0.3 is 39.8 Å². The Kier molecular flexibility index (Phi) is 9.30. The van der Waals surface area contributed by atoms with Gasteiger partial charge in [-0.1, -0.05) is 60.7 Å². The van der Waals surface area contributed by atoms with Crippen LogP contribution in [0.15, 0.2) is 97.1 Å². The Balaban J connectivity index is 1.36. The molecule has 1 aliphatic carbocycles. The third-order valence-corrected chi connectivity index (χ3v) is 9.47. The first-order valence-electron chi connectivity index (χ1n) is 16.0. The fraction of sp³-hybridized carbons (Fsp3) is 0.316. The van der Waals surface area contributed by atoms with E-state index in [-0.39, 0.29) is 29.5 Å². The Morgan fingerprint density at radius 2 is 1.42 bits per heavy atom. The molecule has 0 aromatic heterocycles. The van der Waals surface area contributed by atoms with Gasteiger partial charge >= 0.3 is 0 Å². The number of carbonyl (C=O) groups excluding carboxylic acids is 2. The van der Waals surface area contributed by atoms with Crippen LogP contribution in [0.4, 0.5) is 0 Å². The van der Waals surface area contributed by atoms with Crippen molar-refractivity contribution in [2.45, 2.75) is 36.1 Å². The molecule has 0 saturated heterocycles. The number of nitrogens with one attached hydrogen (secondary N) is 2. The highest BCUT2D eigenvalue weighted by Gasteiger charge is 2.76. The van der Waals surface area contributed by atoms with E-state index in [0.29, 0.717) is 47.6 Å². The monoisotopic (exact) mass is 652 g/mol. The Bertz CT molecular complexity index is 1750. The third kappa shape index (κ3) is 5.50. The molecule has 4 aromatic rings. The van der Waals surface area contributed by atoms with Gasteiger partial charge in [0, 0.05) is 36.7 Å². The molecule has 1 heterocycles. The van der Waals surface area contributed by atoms with Gasteiger partial charge in [0.25, 0.3) is 5.91 Å². The molecule has 1 aliphatic heterocycles. The molecule has 0 radical (unpaired) electrons. The largest absolute Gasteiger partial charge is 0.497 e. The van der Waals surface area contributed by atoms with Gasteiger partial charge in [-0.2, -0.15) is 0 Å². The molecule has 0 spiro atoms. The van der Waals surface area contributed by atoms with Crippen molar-refractivity contribution < 1.29 is 38.7 Å². The number of fused-ring (bicyclic) bond motifs is 4. The molecule has 250 valence electrons. The lowest BCUT2D eigenvalue weighted by molar-refractivity contribution is -0.162. The zero-order chi connectivity index (χ0) is 33.9. The maximum absolute atomic E-state index is 14.5. The van der Waals surface area contributed by atoms with Crippen molar-refractivity contribution in [3.63, 3.8) is 0 Å². The van der Waals surface area contributed by atoms with Gasteiger partial charge in [0.15, 0.2) is 5.60 Å². The SMILES string of the molecule is COc1ccc([C@@]23Oc4cc(OC)cc(OC)c4[C@@](O)([C@H]2O)[C@@H](C(=O)NCCCCNC(=O)c2ccccc2)[C@@H]3c2ccccc2)cc1. The third-order valence-electron chi connectivity index (χ3n) is 9.47. The maximum atomic E-state index is 14.5. The molecule has 1 saturated carbocycles. The van der Waals surface area contributed by atoms with E-state index in [9.17, 15) is 19.8 Å². The van der Waals surface area contributed by atoms with Gasteiger partial charge in [0.05, 0.1) is 32.8 Å². The number of aliphatic hydroxyl groups excluding tert-OH is 1. The predicted molar refractivity (Wildman–Crippen MR) is 178 cm³/mol. The standard InChI is InChI=1S/C38H40N2O8/c1-45-27-18-16-26(17-19-27)38-31(24-12-6-4-7-13-24)33(35(42)40-21-11-10-20-39-34(41)25-14-8-5-9-15-25)37(44,36(38)43)32-29(47-3)22-28(46-2)23-30(32)48-38/h4-9,12-19,22-23,31,33,36,43-44H,10-11,20-21H2,1-3H3,(H,39,41)(H,40,42)/t31-,33+,36+,37-,38-/m0/s1. The van der Waals surface area contributed by atoms with Crippen LogP contribution in [-0.2, 0) is 16.0 Å². The second-order valence-electron chi connectivity index (χ2n) is 12.0. The highest BCUT2D eigenvalue weighted by atomic mass is 16.5. The van der Waals surface area contributed by atoms with Crippen LogP contribution in [0.5, 0.6) is 23.0 Å². The lowest BCUT2D eigenvalue weighted by Gasteiger charge is -2.45. The number of aliphatic hydroxyl groups is 2. The molecule has 0 unspecified atom stereocenters. The van der Waals surface area contributed by atoms with E-state index in [1.54, 1.807) is 55.6 Å². The van der Waals surface area contributed by atoms with E-state index in [0.717, 1.165) is 0 Å². The van der Waals surface area contributed by atoms with Crippen LogP contribution in [0.3, 0.4) is 0 Å². The predicted octanol–water partition coefficient (Wildman–Crippen LogP) is 4.29. The van der Waals surface area contributed by atoms with Crippen LogP contribution in [0, 0.1) is 5.92 Å². The maximum Gasteiger partial charge on any atom is 0.251 e. The number of hydrogen-bond acceptors (Lipinski definition) is 8. The average Bonchev–Trinajstić information content (AvgIpc) is 3.25. The van der Waals surface area contributed by atoms with Crippen LogP contribution in [0.25, 0.3) is 0 Å². The number of methoxy groups -OCH3 is 3. The van der Waals surface area contributed by atoms with E-state index >= 15 is 0 Å². The Hall–Kier alpha value is -5.06. The molecule has 4 aromatic carbocycles. The van der Waals surface area contributed by atoms with E-state index in [1.165, 1.54) is 14.2 Å². The van der Waals surface area contributed by atoms with Gasteiger partial charge in [-0.3, -0.25) is 9.59 Å². The summed E-state index contributed by atoms with van der Waals surface area (Å²) in [6.07, 6.45) is -0.405. The summed E-state index contributed by atoms with van der Waals surface area (Å²) in [7, 11) is 4.52. The number of benzene rings is 4. The fourth-order valence-corrected chi connectivity index (χ4v) is 7.25. The molecule has 10 heteroatoms. The lowest BCUT2D eigenvalue weighted by atomic mass is 9.75. The summed E-state index contributed by atoms with van der Waals surface area (Å²) in [5.74, 6) is -1.19. The first-order chi connectivity index (χ1) is 23.3. The van der Waals surface area contributed by atoms with Crippen molar-refractivity contribution in [2.24, 2.45) is 5.92 Å². The molecule has 10 nitrogen and oxygen atoms in total. The smallest absolute Gasteiger partial charge is 0.251 e. The van der Waals surface area contributed by atoms with Crippen LogP contribution < -0.4 is 29.6 Å². The molecule has 2 amide bonds. The molecule has 4 N–H and O–H groups in total. The van der Waals surface area contributed by atoms with Crippen molar-refractivity contribution in [3.05, 3.63) is 119 Å². The first kappa shape index (κ1) is 32.9. The molecule has 48 heavy (non-hydrogen) atoms. The summed E-state index contributed by atoms with van der Waals surface area (Å²) in [6, 6.07) is 28.6. The highest BCUT2D eigenvalue weighted by molar-refractivity contribution is 5.94.